The average molecular weight is 410 g/mol. The first-order valence-electron chi connectivity index (χ1n) is 8.22. The zero-order chi connectivity index (χ0) is 20.8. The number of nitro benzene ring substituents is 1. The second-order valence-electron chi connectivity index (χ2n) is 5.58. The molecule has 0 atom stereocenters. The van der Waals surface area contributed by atoms with Crippen molar-refractivity contribution in [3.8, 4) is 0 Å². The first-order valence-corrected chi connectivity index (χ1v) is 9.03. The Hall–Kier alpha value is -3.79. The third kappa shape index (κ3) is 4.93. The third-order valence-electron chi connectivity index (χ3n) is 3.62. The molecule has 1 heterocycles. The van der Waals surface area contributed by atoms with Gasteiger partial charge in [0.2, 0.25) is 0 Å². The maximum atomic E-state index is 12.7. The molecule has 1 aliphatic rings. The molecule has 0 bridgehead atoms. The van der Waals surface area contributed by atoms with Crippen LogP contribution in [-0.4, -0.2) is 40.3 Å². The van der Waals surface area contributed by atoms with Crippen LogP contribution in [0.25, 0.3) is 0 Å². The number of nitro groups is 1. The molecular weight excluding hydrogens is 396 g/mol. The third-order valence-corrected chi connectivity index (χ3v) is 4.58. The zero-order valence-electron chi connectivity index (χ0n) is 15.1. The van der Waals surface area contributed by atoms with Gasteiger partial charge in [-0.05, 0) is 23.9 Å². The number of ether oxygens (including phenoxy) is 1. The average Bonchev–Trinajstić information content (AvgIpc) is 3.01. The Kier molecular flexibility index (Phi) is 6.15. The van der Waals surface area contributed by atoms with Gasteiger partial charge in [0.05, 0.1) is 28.8 Å². The number of para-hydroxylation sites is 1. The Labute approximate surface area is 169 Å². The molecule has 10 heteroatoms. The number of hydrogen-bond donors (Lipinski definition) is 0. The van der Waals surface area contributed by atoms with Crippen LogP contribution in [0.5, 0.6) is 0 Å². The van der Waals surface area contributed by atoms with Crippen molar-refractivity contribution in [3.05, 3.63) is 81.3 Å². The highest BCUT2D eigenvalue weighted by molar-refractivity contribution is 8.18. The fourth-order valence-electron chi connectivity index (χ4n) is 2.26. The maximum absolute atomic E-state index is 12.7. The molecule has 3 rings (SSSR count). The Bertz CT molecular complexity index is 1050. The number of carbonyl (C=O) groups is 2. The van der Waals surface area contributed by atoms with Crippen molar-refractivity contribution in [3.63, 3.8) is 0 Å². The predicted molar refractivity (Wildman–Crippen MR) is 109 cm³/mol. The van der Waals surface area contributed by atoms with Crippen molar-refractivity contribution in [2.45, 2.75) is 0 Å². The van der Waals surface area contributed by atoms with Gasteiger partial charge in [-0.2, -0.15) is 10.1 Å². The van der Waals surface area contributed by atoms with Crippen molar-refractivity contribution >= 4 is 46.4 Å². The van der Waals surface area contributed by atoms with Crippen LogP contribution in [0.15, 0.2) is 75.7 Å². The van der Waals surface area contributed by atoms with Crippen molar-refractivity contribution in [2.75, 3.05) is 7.11 Å². The number of nitrogens with zero attached hydrogens (tertiary/aromatic N) is 4. The van der Waals surface area contributed by atoms with Gasteiger partial charge >= 0.3 is 5.97 Å². The lowest BCUT2D eigenvalue weighted by Gasteiger charge is -2.08. The highest BCUT2D eigenvalue weighted by atomic mass is 32.2. The van der Waals surface area contributed by atoms with Crippen LogP contribution >= 0.6 is 11.8 Å². The molecular formula is C19H14N4O5S. The summed E-state index contributed by atoms with van der Waals surface area (Å²) >= 11 is 0.973. The molecule has 1 saturated heterocycles. The minimum atomic E-state index is -0.676. The summed E-state index contributed by atoms with van der Waals surface area (Å²) in [5.41, 5.74) is 0.930. The summed E-state index contributed by atoms with van der Waals surface area (Å²) in [5, 5.41) is 16.3. The Morgan fingerprint density at radius 3 is 2.66 bits per heavy atom. The molecule has 0 aliphatic carbocycles. The first-order chi connectivity index (χ1) is 14.0. The summed E-state index contributed by atoms with van der Waals surface area (Å²) in [6.07, 6.45) is 2.38. The summed E-state index contributed by atoms with van der Waals surface area (Å²) in [6.45, 7) is 0. The fraction of sp³-hybridized carbons (Fsp3) is 0.0526. The molecule has 0 unspecified atom stereocenters. The summed E-state index contributed by atoms with van der Waals surface area (Å²) in [7, 11) is 1.21. The van der Waals surface area contributed by atoms with Crippen LogP contribution in [0.1, 0.15) is 5.56 Å². The number of non-ortho nitro benzene ring substituents is 1. The quantitative estimate of drug-likeness (QED) is 0.246. The molecule has 0 radical (unpaired) electrons. The molecule has 1 fully saturated rings. The molecule has 2 aromatic carbocycles. The Morgan fingerprint density at radius 2 is 1.97 bits per heavy atom. The number of esters is 1. The molecule has 29 heavy (non-hydrogen) atoms. The van der Waals surface area contributed by atoms with Gasteiger partial charge in [0.25, 0.3) is 11.6 Å². The Morgan fingerprint density at radius 1 is 1.21 bits per heavy atom. The van der Waals surface area contributed by atoms with Crippen molar-refractivity contribution in [2.24, 2.45) is 10.1 Å². The second kappa shape index (κ2) is 8.93. The number of carbonyl (C=O) groups excluding carboxylic acids is 2. The lowest BCUT2D eigenvalue weighted by Crippen LogP contribution is -2.23. The van der Waals surface area contributed by atoms with E-state index in [4.69, 9.17) is 0 Å². The number of benzene rings is 2. The summed E-state index contributed by atoms with van der Waals surface area (Å²) in [6, 6.07) is 14.7. The smallest absolute Gasteiger partial charge is 0.331 e. The van der Waals surface area contributed by atoms with E-state index in [1.807, 2.05) is 6.07 Å². The Balaban J connectivity index is 1.96. The number of methoxy groups -OCH3 is 1. The van der Waals surface area contributed by atoms with Crippen LogP contribution in [0.3, 0.4) is 0 Å². The first kappa shape index (κ1) is 20.0. The lowest BCUT2D eigenvalue weighted by molar-refractivity contribution is -0.384. The molecule has 0 saturated carbocycles. The minimum absolute atomic E-state index is 0.0967. The van der Waals surface area contributed by atoms with Crippen LogP contribution in [0, 0.1) is 10.1 Å². The monoisotopic (exact) mass is 410 g/mol. The SMILES string of the molecule is COC(=O)C=C1SC(=Nc2ccccc2)N(/N=C/c2cccc([N+](=O)[O-])c2)C1=O. The van der Waals surface area contributed by atoms with Gasteiger partial charge in [-0.15, -0.1) is 0 Å². The van der Waals surface area contributed by atoms with Gasteiger partial charge in [-0.25, -0.2) is 9.79 Å². The minimum Gasteiger partial charge on any atom is -0.466 e. The number of rotatable bonds is 5. The number of hydrogen-bond acceptors (Lipinski definition) is 8. The number of hydrazone groups is 1. The van der Waals surface area contributed by atoms with Crippen LogP contribution in [0.4, 0.5) is 11.4 Å². The van der Waals surface area contributed by atoms with E-state index in [0.29, 0.717) is 11.3 Å². The van der Waals surface area contributed by atoms with Gasteiger partial charge in [-0.1, -0.05) is 30.3 Å². The van der Waals surface area contributed by atoms with E-state index in [1.165, 1.54) is 31.5 Å². The molecule has 1 aliphatic heterocycles. The van der Waals surface area contributed by atoms with Gasteiger partial charge in [0.1, 0.15) is 0 Å². The molecule has 2 aromatic rings. The van der Waals surface area contributed by atoms with Crippen molar-refractivity contribution < 1.29 is 19.2 Å². The van der Waals surface area contributed by atoms with E-state index in [-0.39, 0.29) is 15.8 Å². The molecule has 146 valence electrons. The van der Waals surface area contributed by atoms with Gasteiger partial charge in [0.15, 0.2) is 5.17 Å². The molecule has 0 aromatic heterocycles. The predicted octanol–water partition coefficient (Wildman–Crippen LogP) is 3.25. The van der Waals surface area contributed by atoms with Crippen LogP contribution in [-0.2, 0) is 14.3 Å². The second-order valence-corrected chi connectivity index (χ2v) is 6.59. The number of aliphatic imine (C=N–C) groups is 1. The number of amidine groups is 1. The summed E-state index contributed by atoms with van der Waals surface area (Å²) < 4.78 is 4.57. The van der Waals surface area contributed by atoms with Crippen molar-refractivity contribution in [1.29, 1.82) is 0 Å². The van der Waals surface area contributed by atoms with E-state index in [9.17, 15) is 19.7 Å². The number of thioether (sulfide) groups is 1. The van der Waals surface area contributed by atoms with E-state index in [1.54, 1.807) is 30.3 Å². The molecule has 0 N–H and O–H groups in total. The zero-order valence-corrected chi connectivity index (χ0v) is 15.9. The largest absolute Gasteiger partial charge is 0.466 e. The van der Waals surface area contributed by atoms with Gasteiger partial charge in [-0.3, -0.25) is 14.9 Å². The molecule has 0 spiro atoms. The van der Waals surface area contributed by atoms with E-state index >= 15 is 0 Å². The van der Waals surface area contributed by atoms with Gasteiger partial charge in [0, 0.05) is 23.8 Å². The molecule has 9 nitrogen and oxygen atoms in total. The highest BCUT2D eigenvalue weighted by Gasteiger charge is 2.34. The van der Waals surface area contributed by atoms with Crippen molar-refractivity contribution in [1.82, 2.24) is 5.01 Å². The maximum Gasteiger partial charge on any atom is 0.331 e. The standard InChI is InChI=1S/C19H14N4O5S/c1-28-17(24)11-16-18(25)22(19(29-16)21-14-7-3-2-4-8-14)20-12-13-6-5-9-15(10-13)23(26)27/h2-12H,1H3/b16-11?,20-12+,21-19?. The number of amides is 1. The molecule has 1 amide bonds. The van der Waals surface area contributed by atoms with E-state index < -0.39 is 16.8 Å². The van der Waals surface area contributed by atoms with E-state index in [2.05, 4.69) is 14.8 Å². The normalized spacial score (nSPS) is 16.7. The topological polar surface area (TPSA) is 114 Å². The van der Waals surface area contributed by atoms with E-state index in [0.717, 1.165) is 22.8 Å². The van der Waals surface area contributed by atoms with Crippen LogP contribution < -0.4 is 0 Å². The van der Waals surface area contributed by atoms with Gasteiger partial charge < -0.3 is 4.74 Å². The highest BCUT2D eigenvalue weighted by Crippen LogP contribution is 2.33. The lowest BCUT2D eigenvalue weighted by atomic mass is 10.2. The fourth-order valence-corrected chi connectivity index (χ4v) is 3.15. The summed E-state index contributed by atoms with van der Waals surface area (Å²) in [4.78, 5) is 39.1. The summed E-state index contributed by atoms with van der Waals surface area (Å²) in [5.74, 6) is -1.24. The van der Waals surface area contributed by atoms with Crippen LogP contribution in [0.2, 0.25) is 0 Å².